The Balaban J connectivity index is 2.95. The van der Waals surface area contributed by atoms with Crippen LogP contribution in [0.4, 0.5) is 0 Å². The number of rotatable bonds is 3. The van der Waals surface area contributed by atoms with E-state index in [1.807, 2.05) is 13.0 Å². The first kappa shape index (κ1) is 10.6. The number of hydrogen-bond donors (Lipinski definition) is 2. The molecule has 0 saturated heterocycles. The number of hydrogen-bond acceptors (Lipinski definition) is 3. The lowest BCUT2D eigenvalue weighted by Crippen LogP contribution is -2.23. The van der Waals surface area contributed by atoms with Crippen molar-refractivity contribution in [2.45, 2.75) is 6.92 Å². The highest BCUT2D eigenvalue weighted by Crippen LogP contribution is 2.15. The zero-order chi connectivity index (χ0) is 10.6. The first-order valence-electron chi connectivity index (χ1n) is 4.49. The van der Waals surface area contributed by atoms with Crippen LogP contribution in [0.2, 0.25) is 0 Å². The summed E-state index contributed by atoms with van der Waals surface area (Å²) in [6.07, 6.45) is 3.62. The molecule has 76 valence electrons. The van der Waals surface area contributed by atoms with Crippen molar-refractivity contribution in [3.63, 3.8) is 0 Å². The maximum Gasteiger partial charge on any atom is 0.142 e. The average Bonchev–Trinajstić information content (AvgIpc) is 2.18. The zero-order valence-electron chi connectivity index (χ0n) is 8.47. The smallest absolute Gasteiger partial charge is 0.142 e. The van der Waals surface area contributed by atoms with Crippen LogP contribution in [-0.2, 0) is 4.74 Å². The molecule has 3 heteroatoms. The van der Waals surface area contributed by atoms with Crippen LogP contribution in [0.1, 0.15) is 6.92 Å². The molecule has 3 N–H and O–H groups in total. The maximum absolute atomic E-state index is 5.50. The van der Waals surface area contributed by atoms with E-state index in [2.05, 4.69) is 18.5 Å². The van der Waals surface area contributed by atoms with Gasteiger partial charge in [0.1, 0.15) is 12.4 Å². The van der Waals surface area contributed by atoms with Crippen LogP contribution in [0.25, 0.3) is 0 Å². The summed E-state index contributed by atoms with van der Waals surface area (Å²) in [5.41, 5.74) is 8.29. The molecule has 1 heterocycles. The molecule has 1 rings (SSSR count). The second-order valence-electron chi connectivity index (χ2n) is 3.19. The van der Waals surface area contributed by atoms with Gasteiger partial charge in [-0.05, 0) is 19.1 Å². The fourth-order valence-corrected chi connectivity index (χ4v) is 1.11. The van der Waals surface area contributed by atoms with Gasteiger partial charge in [-0.3, -0.25) is 0 Å². The molecule has 0 aromatic heterocycles. The Morgan fingerprint density at radius 2 is 2.43 bits per heavy atom. The third-order valence-electron chi connectivity index (χ3n) is 1.88. The molecule has 0 unspecified atom stereocenters. The van der Waals surface area contributed by atoms with E-state index in [0.29, 0.717) is 13.2 Å². The largest absolute Gasteiger partial charge is 0.485 e. The third-order valence-corrected chi connectivity index (χ3v) is 1.88. The molecule has 0 amide bonds. The first-order chi connectivity index (χ1) is 6.67. The maximum atomic E-state index is 5.50. The number of nitrogens with one attached hydrogen (secondary N) is 1. The van der Waals surface area contributed by atoms with E-state index in [1.54, 1.807) is 6.08 Å². The monoisotopic (exact) mass is 192 g/mol. The van der Waals surface area contributed by atoms with Gasteiger partial charge in [0, 0.05) is 12.2 Å². The average molecular weight is 192 g/mol. The van der Waals surface area contributed by atoms with Crippen LogP contribution >= 0.6 is 0 Å². The summed E-state index contributed by atoms with van der Waals surface area (Å²) in [5, 5.41) is 3.14. The molecule has 0 saturated carbocycles. The number of allylic oxidation sites excluding steroid dienone is 2. The summed E-state index contributed by atoms with van der Waals surface area (Å²) in [7, 11) is 0. The molecule has 14 heavy (non-hydrogen) atoms. The van der Waals surface area contributed by atoms with E-state index >= 15 is 0 Å². The second-order valence-corrected chi connectivity index (χ2v) is 3.19. The molecule has 0 aromatic carbocycles. The predicted molar refractivity (Wildman–Crippen MR) is 58.3 cm³/mol. The van der Waals surface area contributed by atoms with E-state index < -0.39 is 0 Å². The van der Waals surface area contributed by atoms with Crippen LogP contribution in [0.15, 0.2) is 48.0 Å². The van der Waals surface area contributed by atoms with Gasteiger partial charge in [-0.2, -0.15) is 0 Å². The molecule has 0 bridgehead atoms. The Bertz CT molecular complexity index is 313. The van der Waals surface area contributed by atoms with Gasteiger partial charge in [-0.15, -0.1) is 0 Å². The zero-order valence-corrected chi connectivity index (χ0v) is 8.47. The molecule has 1 aliphatic heterocycles. The van der Waals surface area contributed by atoms with Gasteiger partial charge in [-0.25, -0.2) is 0 Å². The lowest BCUT2D eigenvalue weighted by molar-refractivity contribution is 0.230. The van der Waals surface area contributed by atoms with Gasteiger partial charge in [0.2, 0.25) is 0 Å². The van der Waals surface area contributed by atoms with E-state index in [4.69, 9.17) is 10.5 Å². The van der Waals surface area contributed by atoms with Crippen LogP contribution in [0.3, 0.4) is 0 Å². The van der Waals surface area contributed by atoms with E-state index in [-0.39, 0.29) is 0 Å². The summed E-state index contributed by atoms with van der Waals surface area (Å²) in [4.78, 5) is 0. The molecular formula is C11H16N2O. The molecule has 0 spiro atoms. The van der Waals surface area contributed by atoms with Crippen LogP contribution in [0, 0.1) is 0 Å². The van der Waals surface area contributed by atoms with Gasteiger partial charge < -0.3 is 15.8 Å². The predicted octanol–water partition coefficient (Wildman–Crippen LogP) is 1.42. The summed E-state index contributed by atoms with van der Waals surface area (Å²) in [6, 6.07) is 0. The Labute approximate surface area is 84.6 Å². The molecule has 1 aliphatic rings. The van der Waals surface area contributed by atoms with Crippen molar-refractivity contribution in [3.05, 3.63) is 48.0 Å². The summed E-state index contributed by atoms with van der Waals surface area (Å²) >= 11 is 0. The molecule has 3 nitrogen and oxygen atoms in total. The molecular weight excluding hydrogens is 176 g/mol. The van der Waals surface area contributed by atoms with Gasteiger partial charge >= 0.3 is 0 Å². The highest BCUT2D eigenvalue weighted by Gasteiger charge is 2.11. The second kappa shape index (κ2) is 4.67. The van der Waals surface area contributed by atoms with Crippen LogP contribution < -0.4 is 11.1 Å². The Kier molecular flexibility index (Phi) is 3.54. The minimum absolute atomic E-state index is 0.486. The SMILES string of the molecule is C=CC1=C(/C=C(\C)CN)NC(=C)CO1. The Hall–Kier alpha value is -1.48. The normalized spacial score (nSPS) is 17.6. The van der Waals surface area contributed by atoms with E-state index in [9.17, 15) is 0 Å². The standard InChI is InChI=1S/C11H16N2O/c1-4-11-10(5-8(2)6-12)13-9(3)7-14-11/h4-5,13H,1,3,6-7,12H2,2H3/b8-5+. The minimum atomic E-state index is 0.486. The summed E-state index contributed by atoms with van der Waals surface area (Å²) in [5.74, 6) is 0.741. The lowest BCUT2D eigenvalue weighted by atomic mass is 10.2. The van der Waals surface area contributed by atoms with Crippen molar-refractivity contribution < 1.29 is 4.74 Å². The lowest BCUT2D eigenvalue weighted by Gasteiger charge is -2.21. The van der Waals surface area contributed by atoms with Crippen LogP contribution in [0.5, 0.6) is 0 Å². The van der Waals surface area contributed by atoms with Gasteiger partial charge in [0.25, 0.3) is 0 Å². The minimum Gasteiger partial charge on any atom is -0.485 e. The van der Waals surface area contributed by atoms with Crippen molar-refractivity contribution >= 4 is 0 Å². The first-order valence-corrected chi connectivity index (χ1v) is 4.49. The van der Waals surface area contributed by atoms with Crippen molar-refractivity contribution in [2.75, 3.05) is 13.2 Å². The van der Waals surface area contributed by atoms with Crippen molar-refractivity contribution in [2.24, 2.45) is 5.73 Å². The highest BCUT2D eigenvalue weighted by molar-refractivity contribution is 5.34. The molecule has 0 aromatic rings. The van der Waals surface area contributed by atoms with Crippen molar-refractivity contribution in [3.8, 4) is 0 Å². The topological polar surface area (TPSA) is 47.3 Å². The molecule has 0 fully saturated rings. The summed E-state index contributed by atoms with van der Waals surface area (Å²) in [6.45, 7) is 10.5. The molecule has 0 atom stereocenters. The van der Waals surface area contributed by atoms with Crippen molar-refractivity contribution in [1.29, 1.82) is 0 Å². The van der Waals surface area contributed by atoms with Gasteiger partial charge in [0.05, 0.1) is 5.70 Å². The number of ether oxygens (including phenoxy) is 1. The van der Waals surface area contributed by atoms with E-state index in [0.717, 1.165) is 22.7 Å². The Morgan fingerprint density at radius 3 is 3.00 bits per heavy atom. The van der Waals surface area contributed by atoms with E-state index in [1.165, 1.54) is 0 Å². The summed E-state index contributed by atoms with van der Waals surface area (Å²) < 4.78 is 5.41. The highest BCUT2D eigenvalue weighted by atomic mass is 16.5. The van der Waals surface area contributed by atoms with Gasteiger partial charge in [-0.1, -0.05) is 18.7 Å². The number of nitrogens with two attached hydrogens (primary N) is 1. The fourth-order valence-electron chi connectivity index (χ4n) is 1.11. The van der Waals surface area contributed by atoms with Gasteiger partial charge in [0.15, 0.2) is 0 Å². The Morgan fingerprint density at radius 1 is 1.71 bits per heavy atom. The third kappa shape index (κ3) is 2.50. The molecule has 0 aliphatic carbocycles. The van der Waals surface area contributed by atoms with Crippen molar-refractivity contribution in [1.82, 2.24) is 5.32 Å². The molecule has 0 radical (unpaired) electrons. The quantitative estimate of drug-likeness (QED) is 0.711. The fraction of sp³-hybridized carbons (Fsp3) is 0.273. The van der Waals surface area contributed by atoms with Crippen LogP contribution in [-0.4, -0.2) is 13.2 Å².